The quantitative estimate of drug-likeness (QED) is 0.682. The van der Waals surface area contributed by atoms with Crippen LogP contribution in [0.5, 0.6) is 0 Å². The van der Waals surface area contributed by atoms with E-state index < -0.39 is 25.9 Å². The third-order valence-electron chi connectivity index (χ3n) is 0.900. The van der Waals surface area contributed by atoms with Gasteiger partial charge in [0.15, 0.2) is 16.6 Å². The van der Waals surface area contributed by atoms with Crippen molar-refractivity contribution in [2.75, 3.05) is 0 Å². The molecule has 0 saturated heterocycles. The average Bonchev–Trinajstić information content (AvgIpc) is 1.43. The summed E-state index contributed by atoms with van der Waals surface area (Å²) in [5, 5.41) is 0. The van der Waals surface area contributed by atoms with Crippen LogP contribution in [0.25, 0.3) is 0 Å². The fourth-order valence-corrected chi connectivity index (χ4v) is 8.32. The third kappa shape index (κ3) is 8.67. The van der Waals surface area contributed by atoms with Crippen LogP contribution in [0, 0.1) is 0 Å². The lowest BCUT2D eigenvalue weighted by Gasteiger charge is -2.28. The van der Waals surface area contributed by atoms with Crippen molar-refractivity contribution in [1.82, 2.24) is 0 Å². The van der Waals surface area contributed by atoms with Crippen LogP contribution < -0.4 is 0 Å². The van der Waals surface area contributed by atoms with Crippen LogP contribution in [0.15, 0.2) is 0 Å². The zero-order valence-corrected chi connectivity index (χ0v) is 12.3. The van der Waals surface area contributed by atoms with Gasteiger partial charge in [0.25, 0.3) is 9.22 Å². The highest BCUT2D eigenvalue weighted by Crippen LogP contribution is 2.10. The molecule has 5 heteroatoms. The summed E-state index contributed by atoms with van der Waals surface area (Å²) in [6.07, 6.45) is 0. The van der Waals surface area contributed by atoms with Crippen molar-refractivity contribution < 1.29 is 8.23 Å². The van der Waals surface area contributed by atoms with Crippen LogP contribution >= 0.6 is 0 Å². The Bertz CT molecular complexity index is 154. The van der Waals surface area contributed by atoms with E-state index >= 15 is 0 Å². The van der Waals surface area contributed by atoms with E-state index in [1.165, 1.54) is 0 Å². The molecule has 2 nitrogen and oxygen atoms in total. The fraction of sp³-hybridized carbons (Fsp3) is 1.00. The highest BCUT2D eigenvalue weighted by Gasteiger charge is 2.24. The monoisotopic (exact) mass is 223 g/mol. The molecule has 0 fully saturated rings. The van der Waals surface area contributed by atoms with Gasteiger partial charge in [0.2, 0.25) is 0 Å². The van der Waals surface area contributed by atoms with Gasteiger partial charge in [0.1, 0.15) is 0 Å². The summed E-state index contributed by atoms with van der Waals surface area (Å²) in [5.41, 5.74) is 0. The first-order valence-electron chi connectivity index (χ1n) is 4.82. The Hall–Kier alpha value is 0.571. The Morgan fingerprint density at radius 2 is 1.17 bits per heavy atom. The van der Waals surface area contributed by atoms with E-state index in [1.54, 1.807) is 0 Å². The molecule has 0 saturated carbocycles. The second-order valence-electron chi connectivity index (χ2n) is 4.92. The van der Waals surface area contributed by atoms with E-state index in [-0.39, 0.29) is 0 Å². The van der Waals surface area contributed by atoms with E-state index in [1.807, 2.05) is 6.55 Å². The Morgan fingerprint density at radius 3 is 1.33 bits per heavy atom. The zero-order valence-electron chi connectivity index (χ0n) is 10.3. The average molecular weight is 224 g/mol. The molecule has 0 aliphatic carbocycles. The van der Waals surface area contributed by atoms with E-state index in [9.17, 15) is 0 Å². The molecule has 0 N–H and O–H groups in total. The Labute approximate surface area is 81.6 Å². The van der Waals surface area contributed by atoms with Gasteiger partial charge in [-0.25, -0.2) is 0 Å². The van der Waals surface area contributed by atoms with Crippen LogP contribution in [0.3, 0.4) is 0 Å². The summed E-state index contributed by atoms with van der Waals surface area (Å²) in [6, 6.07) is 0. The minimum atomic E-state index is -2.60. The second kappa shape index (κ2) is 4.19. The Balaban J connectivity index is 4.25. The summed E-state index contributed by atoms with van der Waals surface area (Å²) >= 11 is 0. The molecule has 74 valence electrons. The number of hydrogen-bond donors (Lipinski definition) is 0. The standard InChI is InChI=1S/C7H22O2Si3/c1-10(8-11(2,3)4)9-12(5,6)7/h10H,1-7H3/i10D. The van der Waals surface area contributed by atoms with Gasteiger partial charge in [-0.1, -0.05) is 0 Å². The molecule has 0 rings (SSSR count). The molecule has 0 aromatic rings. The van der Waals surface area contributed by atoms with Gasteiger partial charge in [-0.05, 0) is 45.8 Å². The van der Waals surface area contributed by atoms with Crippen molar-refractivity contribution in [1.29, 1.82) is 1.23 Å². The van der Waals surface area contributed by atoms with Gasteiger partial charge in [-0.15, -0.1) is 0 Å². The SMILES string of the molecule is [2H][Si](C)(O[Si](C)(C)C)O[Si](C)(C)C. The molecule has 0 atom stereocenters. The maximum absolute atomic E-state index is 8.00. The summed E-state index contributed by atoms with van der Waals surface area (Å²) in [6.45, 7) is 14.4. The van der Waals surface area contributed by atoms with Crippen LogP contribution in [0.4, 0.5) is 0 Å². The largest absolute Gasteiger partial charge is 0.439 e. The van der Waals surface area contributed by atoms with Gasteiger partial charge in [-0.2, -0.15) is 0 Å². The molecule has 0 aliphatic rings. The molecule has 0 unspecified atom stereocenters. The van der Waals surface area contributed by atoms with Gasteiger partial charge >= 0.3 is 0 Å². The molecule has 12 heavy (non-hydrogen) atoms. The lowest BCUT2D eigenvalue weighted by Crippen LogP contribution is -2.41. The molecule has 0 bridgehead atoms. The molecule has 0 aromatic heterocycles. The predicted octanol–water partition coefficient (Wildman–Crippen LogP) is 2.54. The molecule has 0 aromatic carbocycles. The van der Waals surface area contributed by atoms with E-state index in [0.29, 0.717) is 0 Å². The molecular formula is C7H22O2Si3. The van der Waals surface area contributed by atoms with Gasteiger partial charge < -0.3 is 8.23 Å². The molecule has 0 spiro atoms. The fourth-order valence-electron chi connectivity index (χ4n) is 0.883. The lowest BCUT2D eigenvalue weighted by molar-refractivity contribution is 0.428. The maximum atomic E-state index is 8.00. The topological polar surface area (TPSA) is 18.5 Å². The Kier molecular flexibility index (Phi) is 3.72. The normalized spacial score (nSPS) is 16.1. The lowest BCUT2D eigenvalue weighted by atomic mass is 11.8. The van der Waals surface area contributed by atoms with Crippen molar-refractivity contribution in [2.24, 2.45) is 0 Å². The Morgan fingerprint density at radius 1 is 0.917 bits per heavy atom. The van der Waals surface area contributed by atoms with Crippen molar-refractivity contribution in [3.8, 4) is 0 Å². The summed E-state index contributed by atoms with van der Waals surface area (Å²) in [5.74, 6) is 0. The minimum Gasteiger partial charge on any atom is -0.439 e. The summed E-state index contributed by atoms with van der Waals surface area (Å²) in [4.78, 5) is 0. The van der Waals surface area contributed by atoms with Crippen LogP contribution in [-0.4, -0.2) is 27.1 Å². The van der Waals surface area contributed by atoms with E-state index in [0.717, 1.165) is 0 Å². The number of rotatable bonds is 4. The van der Waals surface area contributed by atoms with Crippen molar-refractivity contribution >= 4 is 25.9 Å². The van der Waals surface area contributed by atoms with Gasteiger partial charge in [-0.3, -0.25) is 0 Å². The first-order valence-corrected chi connectivity index (χ1v) is 12.9. The van der Waals surface area contributed by atoms with Crippen LogP contribution in [0.1, 0.15) is 0 Å². The maximum Gasteiger partial charge on any atom is 0.297 e. The van der Waals surface area contributed by atoms with Crippen molar-refractivity contribution in [2.45, 2.75) is 45.8 Å². The van der Waals surface area contributed by atoms with Gasteiger partial charge in [0.05, 0.1) is 1.23 Å². The first kappa shape index (κ1) is 10.7. The predicted molar refractivity (Wildman–Crippen MR) is 61.9 cm³/mol. The second-order valence-corrected chi connectivity index (χ2v) is 16.0. The first-order chi connectivity index (χ1) is 5.41. The van der Waals surface area contributed by atoms with Crippen molar-refractivity contribution in [3.63, 3.8) is 0 Å². The van der Waals surface area contributed by atoms with Crippen LogP contribution in [-0.2, 0) is 8.23 Å². The van der Waals surface area contributed by atoms with Gasteiger partial charge in [0, 0.05) is 0 Å². The molecule has 0 heterocycles. The number of hydrogen-bond acceptors (Lipinski definition) is 2. The zero-order chi connectivity index (χ0) is 10.9. The van der Waals surface area contributed by atoms with Crippen molar-refractivity contribution in [3.05, 3.63) is 0 Å². The highest BCUT2D eigenvalue weighted by atomic mass is 28.4. The molecule has 0 aliphatic heterocycles. The summed E-state index contributed by atoms with van der Waals surface area (Å²) in [7, 11) is -5.84. The van der Waals surface area contributed by atoms with Crippen LogP contribution in [0.2, 0.25) is 45.8 Å². The smallest absolute Gasteiger partial charge is 0.297 e. The molecular weight excluding hydrogens is 200 g/mol. The third-order valence-corrected chi connectivity index (χ3v) is 8.10. The highest BCUT2D eigenvalue weighted by molar-refractivity contribution is 6.80. The molecule has 0 amide bonds. The molecule has 0 radical (unpaired) electrons. The minimum absolute atomic E-state index is 1.62. The summed E-state index contributed by atoms with van der Waals surface area (Å²) < 4.78 is 19.5. The van der Waals surface area contributed by atoms with E-state index in [4.69, 9.17) is 9.47 Å². The van der Waals surface area contributed by atoms with E-state index in [2.05, 4.69) is 39.3 Å².